The number of terminal acetylenes is 1. The molecule has 0 aromatic heterocycles. The molecule has 0 aliphatic rings. The molecule has 0 radical (unpaired) electrons. The highest BCUT2D eigenvalue weighted by Crippen LogP contribution is 2.24. The number of anilines is 1. The van der Waals surface area contributed by atoms with Crippen molar-refractivity contribution in [2.24, 2.45) is 0 Å². The highest BCUT2D eigenvalue weighted by molar-refractivity contribution is 6.00. The van der Waals surface area contributed by atoms with E-state index in [1.54, 1.807) is 25.1 Å². The van der Waals surface area contributed by atoms with Gasteiger partial charge in [-0.05, 0) is 30.2 Å². The van der Waals surface area contributed by atoms with Crippen LogP contribution in [0.4, 0.5) is 11.4 Å². The first-order valence-electron chi connectivity index (χ1n) is 8.31. The second-order valence-electron chi connectivity index (χ2n) is 6.00. The van der Waals surface area contributed by atoms with Gasteiger partial charge in [-0.15, -0.1) is 6.42 Å². The number of ether oxygens (including phenoxy) is 1. The van der Waals surface area contributed by atoms with Crippen LogP contribution in [-0.2, 0) is 6.42 Å². The molecule has 0 spiro atoms. The fourth-order valence-electron chi connectivity index (χ4n) is 2.50. The summed E-state index contributed by atoms with van der Waals surface area (Å²) in [5.41, 5.74) is 1.80. The van der Waals surface area contributed by atoms with Crippen molar-refractivity contribution in [2.45, 2.75) is 6.42 Å². The highest BCUT2D eigenvalue weighted by Gasteiger charge is 2.17. The minimum atomic E-state index is -0.514. The molecule has 0 unspecified atom stereocenters. The molecule has 140 valence electrons. The van der Waals surface area contributed by atoms with E-state index < -0.39 is 4.92 Å². The molecule has 0 saturated heterocycles. The maximum atomic E-state index is 12.5. The molecule has 0 fully saturated rings. The van der Waals surface area contributed by atoms with Crippen LogP contribution in [0.15, 0.2) is 42.5 Å². The first-order chi connectivity index (χ1) is 12.9. The molecule has 0 heterocycles. The summed E-state index contributed by atoms with van der Waals surface area (Å²) in [6.07, 6.45) is 5.77. The smallest absolute Gasteiger partial charge is 0.270 e. The number of rotatable bonds is 8. The summed E-state index contributed by atoms with van der Waals surface area (Å²) in [7, 11) is 3.56. The van der Waals surface area contributed by atoms with E-state index in [2.05, 4.69) is 11.2 Å². The Morgan fingerprint density at radius 3 is 2.56 bits per heavy atom. The molecule has 0 aliphatic heterocycles. The van der Waals surface area contributed by atoms with Crippen molar-refractivity contribution in [3.63, 3.8) is 0 Å². The number of carbonyl (C=O) groups excluding carboxylic acids is 1. The number of hydrogen-bond donors (Lipinski definition) is 1. The predicted octanol–water partition coefficient (Wildman–Crippen LogP) is 2.65. The van der Waals surface area contributed by atoms with Crippen LogP contribution in [-0.4, -0.2) is 38.1 Å². The number of hydrogen-bond acceptors (Lipinski definition) is 5. The van der Waals surface area contributed by atoms with Crippen molar-refractivity contribution < 1.29 is 14.5 Å². The molecule has 2 aromatic rings. The lowest BCUT2D eigenvalue weighted by molar-refractivity contribution is -0.384. The number of nitro groups is 1. The van der Waals surface area contributed by atoms with E-state index in [0.29, 0.717) is 24.4 Å². The standard InChI is InChI=1S/C20H21N3O4/c1-4-13-27-17-8-5-15(6-9-17)11-12-21-20(24)18-14-16(23(25)26)7-10-19(18)22(2)3/h1,5-10,14H,11-13H2,2-3H3,(H,21,24). The van der Waals surface area contributed by atoms with E-state index in [1.165, 1.54) is 12.1 Å². The zero-order chi connectivity index (χ0) is 19.8. The molecule has 7 heteroatoms. The monoisotopic (exact) mass is 367 g/mol. The Kier molecular flexibility index (Phi) is 6.78. The molecule has 1 N–H and O–H groups in total. The van der Waals surface area contributed by atoms with Crippen LogP contribution in [0.2, 0.25) is 0 Å². The topological polar surface area (TPSA) is 84.7 Å². The number of benzene rings is 2. The van der Waals surface area contributed by atoms with E-state index in [-0.39, 0.29) is 23.8 Å². The van der Waals surface area contributed by atoms with Gasteiger partial charge >= 0.3 is 0 Å². The van der Waals surface area contributed by atoms with Gasteiger partial charge in [-0.3, -0.25) is 14.9 Å². The Labute approximate surface area is 158 Å². The van der Waals surface area contributed by atoms with Crippen molar-refractivity contribution in [3.8, 4) is 18.1 Å². The summed E-state index contributed by atoms with van der Waals surface area (Å²) < 4.78 is 5.31. The molecule has 0 saturated carbocycles. The molecular weight excluding hydrogens is 346 g/mol. The Morgan fingerprint density at radius 2 is 1.96 bits per heavy atom. The lowest BCUT2D eigenvalue weighted by Crippen LogP contribution is -2.27. The van der Waals surface area contributed by atoms with Crippen molar-refractivity contribution in [1.29, 1.82) is 0 Å². The van der Waals surface area contributed by atoms with Gasteiger partial charge in [0.25, 0.3) is 11.6 Å². The van der Waals surface area contributed by atoms with E-state index >= 15 is 0 Å². The van der Waals surface area contributed by atoms with Gasteiger partial charge in [0.05, 0.1) is 10.5 Å². The van der Waals surface area contributed by atoms with Gasteiger partial charge in [-0.2, -0.15) is 0 Å². The summed E-state index contributed by atoms with van der Waals surface area (Å²) in [6.45, 7) is 0.617. The Bertz CT molecular complexity index is 855. The Hall–Kier alpha value is -3.53. The average molecular weight is 367 g/mol. The van der Waals surface area contributed by atoms with Gasteiger partial charge in [0.2, 0.25) is 0 Å². The lowest BCUT2D eigenvalue weighted by atomic mass is 10.1. The van der Waals surface area contributed by atoms with Gasteiger partial charge in [0.1, 0.15) is 12.4 Å². The van der Waals surface area contributed by atoms with Crippen molar-refractivity contribution >= 4 is 17.3 Å². The van der Waals surface area contributed by atoms with Gasteiger partial charge in [0.15, 0.2) is 0 Å². The molecular formula is C20H21N3O4. The van der Waals surface area contributed by atoms with E-state index in [4.69, 9.17) is 11.2 Å². The molecule has 0 aliphatic carbocycles. The minimum absolute atomic E-state index is 0.117. The number of nitrogens with one attached hydrogen (secondary N) is 1. The van der Waals surface area contributed by atoms with E-state index in [9.17, 15) is 14.9 Å². The minimum Gasteiger partial charge on any atom is -0.481 e. The van der Waals surface area contributed by atoms with Gasteiger partial charge in [0, 0.05) is 38.5 Å². The normalized spacial score (nSPS) is 9.96. The van der Waals surface area contributed by atoms with Crippen molar-refractivity contribution in [2.75, 3.05) is 32.1 Å². The Morgan fingerprint density at radius 1 is 1.26 bits per heavy atom. The number of nitro benzene ring substituents is 1. The molecule has 27 heavy (non-hydrogen) atoms. The summed E-state index contributed by atoms with van der Waals surface area (Å²) in [4.78, 5) is 24.7. The third kappa shape index (κ3) is 5.47. The number of carbonyl (C=O) groups is 1. The quantitative estimate of drug-likeness (QED) is 0.440. The van der Waals surface area contributed by atoms with Gasteiger partial charge in [-0.1, -0.05) is 18.1 Å². The molecule has 2 aromatic carbocycles. The lowest BCUT2D eigenvalue weighted by Gasteiger charge is -2.17. The fraction of sp³-hybridized carbons (Fsp3) is 0.250. The van der Waals surface area contributed by atoms with Crippen LogP contribution in [0.5, 0.6) is 5.75 Å². The highest BCUT2D eigenvalue weighted by atomic mass is 16.6. The number of nitrogens with zero attached hydrogens (tertiary/aromatic N) is 2. The Balaban J connectivity index is 2.00. The molecule has 2 rings (SSSR count). The van der Waals surface area contributed by atoms with Crippen LogP contribution in [0.1, 0.15) is 15.9 Å². The van der Waals surface area contributed by atoms with Crippen molar-refractivity contribution in [3.05, 3.63) is 63.7 Å². The zero-order valence-electron chi connectivity index (χ0n) is 15.3. The fourth-order valence-corrected chi connectivity index (χ4v) is 2.50. The van der Waals surface area contributed by atoms with Gasteiger partial charge < -0.3 is 15.0 Å². The van der Waals surface area contributed by atoms with Crippen LogP contribution in [0.25, 0.3) is 0 Å². The van der Waals surface area contributed by atoms with Crippen LogP contribution in [0, 0.1) is 22.5 Å². The van der Waals surface area contributed by atoms with E-state index in [1.807, 2.05) is 24.3 Å². The summed E-state index contributed by atoms with van der Waals surface area (Å²) >= 11 is 0. The second-order valence-corrected chi connectivity index (χ2v) is 6.00. The first-order valence-corrected chi connectivity index (χ1v) is 8.31. The van der Waals surface area contributed by atoms with E-state index in [0.717, 1.165) is 5.56 Å². The molecule has 7 nitrogen and oxygen atoms in total. The number of amides is 1. The zero-order valence-corrected chi connectivity index (χ0v) is 15.3. The van der Waals surface area contributed by atoms with Crippen LogP contribution < -0.4 is 15.0 Å². The second kappa shape index (κ2) is 9.25. The van der Waals surface area contributed by atoms with Gasteiger partial charge in [-0.25, -0.2) is 0 Å². The molecule has 1 amide bonds. The largest absolute Gasteiger partial charge is 0.481 e. The summed E-state index contributed by atoms with van der Waals surface area (Å²) in [5.74, 6) is 2.74. The molecule has 0 bridgehead atoms. The third-order valence-corrected chi connectivity index (χ3v) is 3.86. The maximum Gasteiger partial charge on any atom is 0.270 e. The first kappa shape index (κ1) is 19.8. The third-order valence-electron chi connectivity index (χ3n) is 3.86. The SMILES string of the molecule is C#CCOc1ccc(CCNC(=O)c2cc([N+](=O)[O-])ccc2N(C)C)cc1. The summed E-state index contributed by atoms with van der Waals surface area (Å²) in [6, 6.07) is 11.7. The molecule has 0 atom stereocenters. The predicted molar refractivity (Wildman–Crippen MR) is 104 cm³/mol. The maximum absolute atomic E-state index is 12.5. The number of non-ortho nitro benzene ring substituents is 1. The average Bonchev–Trinajstić information content (AvgIpc) is 2.66. The summed E-state index contributed by atoms with van der Waals surface area (Å²) in [5, 5.41) is 13.8. The van der Waals surface area contributed by atoms with Crippen molar-refractivity contribution in [1.82, 2.24) is 5.32 Å². The van der Waals surface area contributed by atoms with Crippen LogP contribution >= 0.6 is 0 Å². The van der Waals surface area contributed by atoms with Crippen LogP contribution in [0.3, 0.4) is 0 Å².